The Balaban J connectivity index is 1.36. The number of carbonyl (C=O) groups excluding carboxylic acids is 3. The van der Waals surface area contributed by atoms with E-state index in [9.17, 15) is 19.8 Å². The van der Waals surface area contributed by atoms with E-state index in [4.69, 9.17) is 52.8 Å². The molecule has 7 aliphatic heterocycles. The van der Waals surface area contributed by atoms with Gasteiger partial charge in [0.1, 0.15) is 24.4 Å². The van der Waals surface area contributed by atoms with E-state index in [0.717, 1.165) is 0 Å². The fourth-order valence-corrected chi connectivity index (χ4v) is 10.6. The number of nitrogens with two attached hydrogens (primary N) is 1. The summed E-state index contributed by atoms with van der Waals surface area (Å²) in [4.78, 5) is 42.9. The molecule has 17 heteroatoms. The minimum atomic E-state index is -3.53. The lowest BCUT2D eigenvalue weighted by atomic mass is 9.73. The van der Waals surface area contributed by atoms with Gasteiger partial charge in [-0.05, 0) is 77.6 Å². The lowest BCUT2D eigenvalue weighted by molar-refractivity contribution is -0.311. The van der Waals surface area contributed by atoms with Crippen molar-refractivity contribution in [3.8, 4) is 0 Å². The van der Waals surface area contributed by atoms with Crippen molar-refractivity contribution in [3.05, 3.63) is 12.2 Å². The standard InChI is InChI=1S/C45H73BNO15/c1-24(2)36(47)39(50)54-27(5)30-16-12-11-13-17-32(48)42(7,8)34-21-19-26(4)45(57-34)38-41(52)56-31-23-29(53-28(31)6)15-14-18-33(49)43(9,10)35-22-20-25(3)44(58-35)37(40(51)55-30)59-46(60-38,61-44)62-45/h11-12,24-38,48-49H,13-23,47H2,1-10H3/q-1. The van der Waals surface area contributed by atoms with Crippen molar-refractivity contribution in [3.63, 3.8) is 0 Å². The number of hydrogen-bond acceptors (Lipinski definition) is 16. The normalized spacial score (nSPS) is 45.8. The zero-order valence-electron chi connectivity index (χ0n) is 38.4. The molecule has 0 radical (unpaired) electrons. The summed E-state index contributed by atoms with van der Waals surface area (Å²) in [5, 5.41) is 23.6. The molecule has 9 bridgehead atoms. The summed E-state index contributed by atoms with van der Waals surface area (Å²) in [6, 6.07) is -0.902. The molecule has 352 valence electrons. The van der Waals surface area contributed by atoms with Crippen LogP contribution in [0.2, 0.25) is 0 Å². The average molecular weight is 879 g/mol. The van der Waals surface area contributed by atoms with Gasteiger partial charge in [0.2, 0.25) is 0 Å². The Labute approximate surface area is 366 Å². The van der Waals surface area contributed by atoms with Crippen LogP contribution in [0.25, 0.3) is 0 Å². The number of hydrogen-bond donors (Lipinski definition) is 3. The highest BCUT2D eigenvalue weighted by Crippen LogP contribution is 2.57. The molecule has 7 aliphatic rings. The van der Waals surface area contributed by atoms with Crippen molar-refractivity contribution in [2.75, 3.05) is 0 Å². The Hall–Kier alpha value is -2.19. The first-order valence-electron chi connectivity index (χ1n) is 23.3. The van der Waals surface area contributed by atoms with Gasteiger partial charge in [-0.15, -0.1) is 0 Å². The Morgan fingerprint density at radius 2 is 1.34 bits per heavy atom. The highest BCUT2D eigenvalue weighted by molar-refractivity contribution is 6.56. The maximum atomic E-state index is 15.0. The van der Waals surface area contributed by atoms with Crippen LogP contribution >= 0.6 is 0 Å². The molecule has 16 nitrogen and oxygen atoms in total. The van der Waals surface area contributed by atoms with Gasteiger partial charge < -0.3 is 63.0 Å². The fraction of sp³-hybridized carbons (Fsp3) is 0.889. The molecule has 62 heavy (non-hydrogen) atoms. The molecule has 17 unspecified atom stereocenters. The van der Waals surface area contributed by atoms with Crippen LogP contribution in [0, 0.1) is 28.6 Å². The molecular weight excluding hydrogens is 805 g/mol. The zero-order valence-corrected chi connectivity index (χ0v) is 38.4. The van der Waals surface area contributed by atoms with Crippen molar-refractivity contribution in [2.45, 2.75) is 225 Å². The molecule has 17 atom stereocenters. The molecule has 0 saturated carbocycles. The topological polar surface area (TPSA) is 210 Å². The first kappa shape index (κ1) is 47.8. The van der Waals surface area contributed by atoms with E-state index < -0.39 is 126 Å². The number of allylic oxidation sites excluding steroid dienone is 1. The molecule has 6 fully saturated rings. The van der Waals surface area contributed by atoms with Crippen LogP contribution in [0.3, 0.4) is 0 Å². The van der Waals surface area contributed by atoms with Gasteiger partial charge in [-0.1, -0.05) is 67.5 Å². The smallest absolute Gasteiger partial charge is 0.504 e. The van der Waals surface area contributed by atoms with Crippen LogP contribution in [0.1, 0.15) is 140 Å². The number of cyclic esters (lactones) is 1. The lowest BCUT2D eigenvalue weighted by Gasteiger charge is -2.52. The summed E-state index contributed by atoms with van der Waals surface area (Å²) in [6.45, 7) is 15.1. The molecule has 7 rings (SSSR count). The highest BCUT2D eigenvalue weighted by atomic mass is 17.0. The third-order valence-electron chi connectivity index (χ3n) is 15.5. The van der Waals surface area contributed by atoms with Crippen molar-refractivity contribution in [1.82, 2.24) is 0 Å². The first-order chi connectivity index (χ1) is 29.0. The molecule has 0 aromatic heterocycles. The van der Waals surface area contributed by atoms with Crippen LogP contribution in [0.15, 0.2) is 12.2 Å². The van der Waals surface area contributed by atoms with E-state index in [1.807, 2.05) is 74.5 Å². The maximum absolute atomic E-state index is 15.0. The van der Waals surface area contributed by atoms with E-state index in [1.54, 1.807) is 6.92 Å². The molecule has 0 aromatic rings. The summed E-state index contributed by atoms with van der Waals surface area (Å²) in [5.74, 6) is -7.31. The number of carbonyl (C=O) groups is 3. The van der Waals surface area contributed by atoms with Gasteiger partial charge >= 0.3 is 24.9 Å². The van der Waals surface area contributed by atoms with E-state index >= 15 is 4.79 Å². The van der Waals surface area contributed by atoms with Gasteiger partial charge in [0, 0.05) is 35.5 Å². The number of aliphatic hydroxyl groups excluding tert-OH is 2. The Bertz CT molecular complexity index is 1680. The third kappa shape index (κ3) is 8.78. The quantitative estimate of drug-likeness (QED) is 0.149. The zero-order chi connectivity index (χ0) is 45.2. The summed E-state index contributed by atoms with van der Waals surface area (Å²) < 4.78 is 66.0. The van der Waals surface area contributed by atoms with Gasteiger partial charge in [-0.3, -0.25) is 4.79 Å². The minimum absolute atomic E-state index is 0.142. The fourth-order valence-electron chi connectivity index (χ4n) is 10.6. The third-order valence-corrected chi connectivity index (χ3v) is 15.5. The number of fused-ring (bicyclic) bond motifs is 6. The number of esters is 3. The molecule has 0 aromatic carbocycles. The largest absolute Gasteiger partial charge is 0.536 e. The highest BCUT2D eigenvalue weighted by Gasteiger charge is 2.73. The van der Waals surface area contributed by atoms with Gasteiger partial charge in [-0.25, -0.2) is 9.59 Å². The molecule has 0 aliphatic carbocycles. The molecular formula is C45H73BNO15-. The van der Waals surface area contributed by atoms with Crippen molar-refractivity contribution < 1.29 is 71.6 Å². The molecule has 0 amide bonds. The van der Waals surface area contributed by atoms with E-state index in [-0.39, 0.29) is 18.4 Å². The van der Waals surface area contributed by atoms with Crippen LogP contribution in [0.5, 0.6) is 0 Å². The Kier molecular flexibility index (Phi) is 13.8. The molecule has 4 N–H and O–H groups in total. The summed E-state index contributed by atoms with van der Waals surface area (Å²) >= 11 is 0. The van der Waals surface area contributed by atoms with Crippen molar-refractivity contribution in [2.24, 2.45) is 34.3 Å². The van der Waals surface area contributed by atoms with E-state index in [0.29, 0.717) is 64.2 Å². The van der Waals surface area contributed by atoms with Crippen LogP contribution in [0.4, 0.5) is 0 Å². The Morgan fingerprint density at radius 1 is 0.790 bits per heavy atom. The maximum Gasteiger partial charge on any atom is 0.536 e. The summed E-state index contributed by atoms with van der Waals surface area (Å²) in [5.41, 5.74) is 4.48. The lowest BCUT2D eigenvalue weighted by Crippen LogP contribution is -2.61. The second kappa shape index (κ2) is 17.9. The Morgan fingerprint density at radius 3 is 1.90 bits per heavy atom. The van der Waals surface area contributed by atoms with Gasteiger partial charge in [-0.2, -0.15) is 0 Å². The summed E-state index contributed by atoms with van der Waals surface area (Å²) in [7, 11) is 0. The minimum Gasteiger partial charge on any atom is -0.504 e. The predicted molar refractivity (Wildman–Crippen MR) is 223 cm³/mol. The second-order valence-corrected chi connectivity index (χ2v) is 20.9. The number of aliphatic hydroxyl groups is 2. The molecule has 3 spiro atoms. The van der Waals surface area contributed by atoms with E-state index in [2.05, 4.69) is 0 Å². The van der Waals surface area contributed by atoms with Crippen molar-refractivity contribution >= 4 is 24.9 Å². The van der Waals surface area contributed by atoms with Crippen molar-refractivity contribution in [1.29, 1.82) is 0 Å². The first-order valence-corrected chi connectivity index (χ1v) is 23.3. The monoisotopic (exact) mass is 879 g/mol. The molecule has 7 heterocycles. The number of ether oxygens (including phenoxy) is 6. The summed E-state index contributed by atoms with van der Waals surface area (Å²) in [6.07, 6.45) is -0.362. The van der Waals surface area contributed by atoms with Gasteiger partial charge in [0.25, 0.3) is 0 Å². The second-order valence-electron chi connectivity index (χ2n) is 20.9. The van der Waals surface area contributed by atoms with E-state index in [1.165, 1.54) is 0 Å². The van der Waals surface area contributed by atoms with Gasteiger partial charge in [0.15, 0.2) is 23.8 Å². The predicted octanol–water partition coefficient (Wildman–Crippen LogP) is 4.89. The van der Waals surface area contributed by atoms with Gasteiger partial charge in [0.05, 0.1) is 36.6 Å². The number of rotatable bonds is 4. The van der Waals surface area contributed by atoms with Crippen LogP contribution in [-0.2, 0) is 61.4 Å². The van der Waals surface area contributed by atoms with Crippen LogP contribution < -0.4 is 5.73 Å². The molecule has 6 saturated heterocycles. The average Bonchev–Trinajstić information content (AvgIpc) is 3.84. The van der Waals surface area contributed by atoms with Crippen LogP contribution in [-0.4, -0.2) is 120 Å². The SMILES string of the molecule is CC(C)C(N)C(=O)OC(C)C1CC=CCCC(O)C(C)(C)C2CCC(C)C3(O2)O[B-]24OC(C(=O)O1)C1(OC(CCC1C)C(C)(C)C(O)CCCC1CC(OC(=O)C3O2)C(C)O1)O4.